The minimum Gasteiger partial charge on any atom is -0.335 e. The summed E-state index contributed by atoms with van der Waals surface area (Å²) in [4.78, 5) is 13.3. The standard InChI is InChI=1S/C14H18N2O/c1-15-11-6-12-16(2)14(17)10-9-13-7-4-3-5-8-13/h3-5,7-8,15H,6,11-12H2,1-2H3. The monoisotopic (exact) mass is 230 g/mol. The van der Waals surface area contributed by atoms with Crippen molar-refractivity contribution in [2.75, 3.05) is 27.2 Å². The Labute approximate surface area is 103 Å². The van der Waals surface area contributed by atoms with E-state index in [2.05, 4.69) is 17.2 Å². The Balaban J connectivity index is 2.46. The molecule has 0 unspecified atom stereocenters. The van der Waals surface area contributed by atoms with E-state index < -0.39 is 0 Å². The van der Waals surface area contributed by atoms with E-state index in [1.165, 1.54) is 0 Å². The van der Waals surface area contributed by atoms with Crippen LogP contribution in [0, 0.1) is 11.8 Å². The summed E-state index contributed by atoms with van der Waals surface area (Å²) in [5.74, 6) is 5.37. The molecule has 0 aromatic heterocycles. The summed E-state index contributed by atoms with van der Waals surface area (Å²) in [6.45, 7) is 1.63. The first-order valence-corrected chi connectivity index (χ1v) is 5.71. The van der Waals surface area contributed by atoms with Gasteiger partial charge in [-0.3, -0.25) is 4.79 Å². The zero-order valence-corrected chi connectivity index (χ0v) is 10.4. The molecule has 0 saturated heterocycles. The minimum absolute atomic E-state index is 0.134. The van der Waals surface area contributed by atoms with Gasteiger partial charge in [0, 0.05) is 25.1 Å². The zero-order chi connectivity index (χ0) is 12.5. The Hall–Kier alpha value is -1.79. The topological polar surface area (TPSA) is 32.3 Å². The number of carbonyl (C=O) groups excluding carboxylic acids is 1. The Bertz CT molecular complexity index is 403. The lowest BCUT2D eigenvalue weighted by molar-refractivity contribution is -0.123. The molecule has 3 heteroatoms. The van der Waals surface area contributed by atoms with Crippen molar-refractivity contribution in [2.45, 2.75) is 6.42 Å². The van der Waals surface area contributed by atoms with Crippen molar-refractivity contribution in [3.8, 4) is 11.8 Å². The number of carbonyl (C=O) groups is 1. The van der Waals surface area contributed by atoms with Crippen LogP contribution in [-0.2, 0) is 4.79 Å². The van der Waals surface area contributed by atoms with Gasteiger partial charge in [0.2, 0.25) is 0 Å². The van der Waals surface area contributed by atoms with Gasteiger partial charge >= 0.3 is 0 Å². The highest BCUT2D eigenvalue weighted by molar-refractivity contribution is 5.93. The highest BCUT2D eigenvalue weighted by Crippen LogP contribution is 1.95. The van der Waals surface area contributed by atoms with Crippen LogP contribution in [0.4, 0.5) is 0 Å². The molecule has 0 aliphatic carbocycles. The van der Waals surface area contributed by atoms with Gasteiger partial charge in [0.05, 0.1) is 0 Å². The Kier molecular flexibility index (Phi) is 5.84. The zero-order valence-electron chi connectivity index (χ0n) is 10.4. The summed E-state index contributed by atoms with van der Waals surface area (Å²) in [7, 11) is 3.68. The number of nitrogens with zero attached hydrogens (tertiary/aromatic N) is 1. The van der Waals surface area contributed by atoms with Crippen LogP contribution < -0.4 is 5.32 Å². The van der Waals surface area contributed by atoms with Crippen LogP contribution >= 0.6 is 0 Å². The summed E-state index contributed by atoms with van der Waals surface area (Å²) in [5.41, 5.74) is 0.865. The molecule has 0 aliphatic heterocycles. The molecule has 0 radical (unpaired) electrons. The first kappa shape index (κ1) is 13.3. The molecule has 3 nitrogen and oxygen atoms in total. The van der Waals surface area contributed by atoms with Crippen molar-refractivity contribution >= 4 is 5.91 Å². The lowest BCUT2D eigenvalue weighted by atomic mass is 10.2. The maximum Gasteiger partial charge on any atom is 0.298 e. The van der Waals surface area contributed by atoms with Gasteiger partial charge in [-0.05, 0) is 32.1 Å². The lowest BCUT2D eigenvalue weighted by Gasteiger charge is -2.12. The molecule has 0 aliphatic rings. The minimum atomic E-state index is -0.134. The highest BCUT2D eigenvalue weighted by atomic mass is 16.2. The molecule has 0 saturated carbocycles. The second-order valence-electron chi connectivity index (χ2n) is 3.80. The van der Waals surface area contributed by atoms with Crippen molar-refractivity contribution in [3.05, 3.63) is 35.9 Å². The fraction of sp³-hybridized carbons (Fsp3) is 0.357. The van der Waals surface area contributed by atoms with E-state index in [1.807, 2.05) is 37.4 Å². The summed E-state index contributed by atoms with van der Waals surface area (Å²) in [6, 6.07) is 9.52. The van der Waals surface area contributed by atoms with Gasteiger partial charge in [-0.25, -0.2) is 0 Å². The third-order valence-electron chi connectivity index (χ3n) is 2.35. The van der Waals surface area contributed by atoms with Crippen molar-refractivity contribution < 1.29 is 4.79 Å². The van der Waals surface area contributed by atoms with E-state index in [-0.39, 0.29) is 5.91 Å². The fourth-order valence-electron chi connectivity index (χ4n) is 1.34. The Morgan fingerprint density at radius 1 is 1.35 bits per heavy atom. The molecular formula is C14H18N2O. The van der Waals surface area contributed by atoms with Gasteiger partial charge in [-0.1, -0.05) is 24.1 Å². The van der Waals surface area contributed by atoms with Crippen LogP contribution in [-0.4, -0.2) is 38.0 Å². The summed E-state index contributed by atoms with van der Waals surface area (Å²) in [5, 5.41) is 3.05. The molecule has 0 spiro atoms. The van der Waals surface area contributed by atoms with E-state index in [0.29, 0.717) is 0 Å². The van der Waals surface area contributed by atoms with Gasteiger partial charge in [0.25, 0.3) is 5.91 Å². The van der Waals surface area contributed by atoms with E-state index in [9.17, 15) is 4.79 Å². The molecule has 1 aromatic carbocycles. The van der Waals surface area contributed by atoms with E-state index in [0.717, 1.165) is 25.1 Å². The van der Waals surface area contributed by atoms with Gasteiger partial charge in [-0.2, -0.15) is 0 Å². The summed E-state index contributed by atoms with van der Waals surface area (Å²) >= 11 is 0. The molecule has 0 fully saturated rings. The van der Waals surface area contributed by atoms with Crippen molar-refractivity contribution in [1.82, 2.24) is 10.2 Å². The van der Waals surface area contributed by atoms with E-state index in [4.69, 9.17) is 0 Å². The van der Waals surface area contributed by atoms with Gasteiger partial charge in [0.15, 0.2) is 0 Å². The number of rotatable bonds is 4. The smallest absolute Gasteiger partial charge is 0.298 e. The molecule has 1 aromatic rings. The van der Waals surface area contributed by atoms with Crippen LogP contribution in [0.1, 0.15) is 12.0 Å². The quantitative estimate of drug-likeness (QED) is 0.620. The number of benzene rings is 1. The molecule has 0 bridgehead atoms. The van der Waals surface area contributed by atoms with Crippen molar-refractivity contribution in [1.29, 1.82) is 0 Å². The average molecular weight is 230 g/mol. The van der Waals surface area contributed by atoms with E-state index >= 15 is 0 Å². The normalized spacial score (nSPS) is 9.29. The number of hydrogen-bond donors (Lipinski definition) is 1. The molecular weight excluding hydrogens is 212 g/mol. The third-order valence-corrected chi connectivity index (χ3v) is 2.35. The van der Waals surface area contributed by atoms with Crippen LogP contribution in [0.5, 0.6) is 0 Å². The van der Waals surface area contributed by atoms with Crippen molar-refractivity contribution in [2.24, 2.45) is 0 Å². The summed E-state index contributed by atoms with van der Waals surface area (Å²) < 4.78 is 0. The SMILES string of the molecule is CNCCCN(C)C(=O)C#Cc1ccccc1. The Morgan fingerprint density at radius 3 is 2.71 bits per heavy atom. The number of hydrogen-bond acceptors (Lipinski definition) is 2. The van der Waals surface area contributed by atoms with Gasteiger partial charge in [-0.15, -0.1) is 0 Å². The van der Waals surface area contributed by atoms with Gasteiger partial charge < -0.3 is 10.2 Å². The number of nitrogens with one attached hydrogen (secondary N) is 1. The van der Waals surface area contributed by atoms with Crippen molar-refractivity contribution in [3.63, 3.8) is 0 Å². The second-order valence-corrected chi connectivity index (χ2v) is 3.80. The fourth-order valence-corrected chi connectivity index (χ4v) is 1.34. The highest BCUT2D eigenvalue weighted by Gasteiger charge is 2.03. The predicted molar refractivity (Wildman–Crippen MR) is 69.5 cm³/mol. The summed E-state index contributed by atoms with van der Waals surface area (Å²) in [6.07, 6.45) is 0.936. The molecule has 90 valence electrons. The third kappa shape index (κ3) is 5.19. The second kappa shape index (κ2) is 7.48. The molecule has 17 heavy (non-hydrogen) atoms. The first-order chi connectivity index (χ1) is 8.24. The first-order valence-electron chi connectivity index (χ1n) is 5.71. The maximum atomic E-state index is 11.6. The van der Waals surface area contributed by atoms with Crippen LogP contribution in [0.3, 0.4) is 0 Å². The average Bonchev–Trinajstić information content (AvgIpc) is 2.37. The molecule has 1 N–H and O–H groups in total. The van der Waals surface area contributed by atoms with Crippen LogP contribution in [0.2, 0.25) is 0 Å². The molecule has 1 rings (SSSR count). The predicted octanol–water partition coefficient (Wildman–Crippen LogP) is 1.11. The molecule has 1 amide bonds. The van der Waals surface area contributed by atoms with Crippen LogP contribution in [0.15, 0.2) is 30.3 Å². The van der Waals surface area contributed by atoms with E-state index in [1.54, 1.807) is 11.9 Å². The molecule has 0 heterocycles. The number of amides is 1. The lowest BCUT2D eigenvalue weighted by Crippen LogP contribution is -2.28. The van der Waals surface area contributed by atoms with Crippen LogP contribution in [0.25, 0.3) is 0 Å². The Morgan fingerprint density at radius 2 is 2.06 bits per heavy atom. The van der Waals surface area contributed by atoms with Gasteiger partial charge in [0.1, 0.15) is 0 Å². The largest absolute Gasteiger partial charge is 0.335 e. The maximum absolute atomic E-state index is 11.6. The molecule has 0 atom stereocenters.